The topological polar surface area (TPSA) is 9.23 Å². The molecule has 0 amide bonds. The lowest BCUT2D eigenvalue weighted by atomic mass is 10.5. The lowest BCUT2D eigenvalue weighted by Gasteiger charge is -1.92. The summed E-state index contributed by atoms with van der Waals surface area (Å²) in [7, 11) is 0. The zero-order chi connectivity index (χ0) is 5.54. The van der Waals surface area contributed by atoms with Gasteiger partial charge < -0.3 is 4.65 Å². The zero-order valence-electron chi connectivity index (χ0n) is 4.81. The molecule has 0 saturated carbocycles. The highest BCUT2D eigenvalue weighted by Crippen LogP contribution is 1.93. The van der Waals surface area contributed by atoms with Gasteiger partial charge in [-0.1, -0.05) is 6.92 Å². The van der Waals surface area contributed by atoms with Gasteiger partial charge in [-0.2, -0.15) is 11.6 Å². The third-order valence-corrected chi connectivity index (χ3v) is 1.07. The third-order valence-electron chi connectivity index (χ3n) is 0.469. The smallest absolute Gasteiger partial charge is 0.371 e. The first kappa shape index (κ1) is 7.37. The maximum atomic E-state index is 4.91. The summed E-state index contributed by atoms with van der Waals surface area (Å²) in [5.41, 5.74) is 0. The average Bonchev–Trinajstić information content (AvgIpc) is 1.69. The Hall–Kier alpha value is 0.375. The van der Waals surface area contributed by atoms with Gasteiger partial charge in [-0.05, 0) is 12.7 Å². The molecule has 1 radical (unpaired) electrons. The van der Waals surface area contributed by atoms with Crippen molar-refractivity contribution in [1.82, 2.24) is 0 Å². The average molecular weight is 117 g/mol. The van der Waals surface area contributed by atoms with Crippen LogP contribution in [-0.2, 0) is 4.65 Å². The minimum Gasteiger partial charge on any atom is -0.429 e. The minimum atomic E-state index is 0.785. The van der Waals surface area contributed by atoms with E-state index in [1.54, 1.807) is 18.4 Å². The van der Waals surface area contributed by atoms with E-state index in [1.807, 2.05) is 6.92 Å². The number of hydrogen-bond donors (Lipinski definition) is 0. The van der Waals surface area contributed by atoms with Crippen molar-refractivity contribution in [3.63, 3.8) is 0 Å². The highest BCUT2D eigenvalue weighted by molar-refractivity contribution is 8.21. The summed E-state index contributed by atoms with van der Waals surface area (Å²) in [5, 5.41) is 0. The molecule has 0 aromatic heterocycles. The third kappa shape index (κ3) is 6.37. The summed E-state index contributed by atoms with van der Waals surface area (Å²) in [5.74, 6) is 1.10. The Morgan fingerprint density at radius 3 is 2.71 bits per heavy atom. The molecule has 0 aliphatic heterocycles. The highest BCUT2D eigenvalue weighted by Gasteiger charge is 1.84. The molecule has 0 bridgehead atoms. The maximum Gasteiger partial charge on any atom is 0.371 e. The Morgan fingerprint density at radius 2 is 2.29 bits per heavy atom. The van der Waals surface area contributed by atoms with Crippen LogP contribution in [0.2, 0.25) is 0 Å². The van der Waals surface area contributed by atoms with Crippen LogP contribution in [0.15, 0.2) is 0 Å². The first-order chi connectivity index (χ1) is 3.41. The Labute approximate surface area is 50.0 Å². The van der Waals surface area contributed by atoms with Crippen molar-refractivity contribution in [1.29, 1.82) is 0 Å². The van der Waals surface area contributed by atoms with Crippen molar-refractivity contribution < 1.29 is 4.65 Å². The van der Waals surface area contributed by atoms with Gasteiger partial charge in [-0.3, -0.25) is 0 Å². The molecule has 0 aromatic rings. The van der Waals surface area contributed by atoms with Crippen molar-refractivity contribution in [3.05, 3.63) is 0 Å². The zero-order valence-corrected chi connectivity index (χ0v) is 5.62. The van der Waals surface area contributed by atoms with E-state index in [4.69, 9.17) is 4.65 Å². The summed E-state index contributed by atoms with van der Waals surface area (Å²) in [4.78, 5) is 0. The Kier molecular flexibility index (Phi) is 6.72. The molecule has 0 aromatic carbocycles. The van der Waals surface area contributed by atoms with Crippen LogP contribution >= 0.6 is 11.6 Å². The summed E-state index contributed by atoms with van der Waals surface area (Å²) in [6.45, 7) is 6.64. The van der Waals surface area contributed by atoms with Gasteiger partial charge in [0, 0.05) is 6.61 Å². The van der Waals surface area contributed by atoms with Gasteiger partial charge in [0.25, 0.3) is 0 Å². The molecule has 0 atom stereocenters. The molecular weight excluding hydrogens is 107 g/mol. The summed E-state index contributed by atoms with van der Waals surface area (Å²) < 4.78 is 4.91. The van der Waals surface area contributed by atoms with E-state index >= 15 is 0 Å². The molecule has 0 aliphatic carbocycles. The van der Waals surface area contributed by atoms with E-state index in [9.17, 15) is 0 Å². The van der Waals surface area contributed by atoms with Gasteiger partial charge in [0.2, 0.25) is 0 Å². The summed E-state index contributed by atoms with van der Waals surface area (Å²) >= 11 is 1.69. The van der Waals surface area contributed by atoms with Crippen molar-refractivity contribution >= 4 is 18.4 Å². The molecule has 0 heterocycles. The van der Waals surface area contributed by atoms with Crippen LogP contribution in [0.4, 0.5) is 0 Å². The number of hydrogen-bond acceptors (Lipinski definition) is 2. The first-order valence-corrected chi connectivity index (χ1v) is 3.51. The Balaban J connectivity index is 2.45. The first-order valence-electron chi connectivity index (χ1n) is 2.46. The fourth-order valence-corrected chi connectivity index (χ4v) is 0.553. The summed E-state index contributed by atoms with van der Waals surface area (Å²) in [6, 6.07) is 0. The second-order valence-electron chi connectivity index (χ2n) is 1.01. The molecule has 0 unspecified atom stereocenters. The quantitative estimate of drug-likeness (QED) is 0.405. The molecule has 0 N–H and O–H groups in total. The predicted molar refractivity (Wildman–Crippen MR) is 35.5 cm³/mol. The Morgan fingerprint density at radius 1 is 1.57 bits per heavy atom. The second-order valence-corrected chi connectivity index (χ2v) is 2.11. The van der Waals surface area contributed by atoms with Crippen molar-refractivity contribution in [3.8, 4) is 0 Å². The molecule has 0 rings (SSSR count). The Bertz CT molecular complexity index is 30.9. The van der Waals surface area contributed by atoms with Gasteiger partial charge in [-0.25, -0.2) is 0 Å². The molecule has 7 heavy (non-hydrogen) atoms. The molecule has 1 nitrogen and oxygen atoms in total. The van der Waals surface area contributed by atoms with Crippen LogP contribution in [0, 0.1) is 0 Å². The van der Waals surface area contributed by atoms with E-state index in [0.717, 1.165) is 12.4 Å². The maximum absolute atomic E-state index is 4.91. The van der Waals surface area contributed by atoms with Crippen LogP contribution in [0.1, 0.15) is 13.8 Å². The predicted octanol–water partition coefficient (Wildman–Crippen LogP) is 1.31. The second kappa shape index (κ2) is 6.37. The monoisotopic (exact) mass is 117 g/mol. The molecular formula is C4H10BOS. The molecule has 0 aliphatic rings. The normalized spacial score (nSPS) is 8.86. The van der Waals surface area contributed by atoms with Crippen LogP contribution in [0.25, 0.3) is 0 Å². The van der Waals surface area contributed by atoms with E-state index in [2.05, 4.69) is 6.92 Å². The van der Waals surface area contributed by atoms with Crippen LogP contribution in [-0.4, -0.2) is 19.1 Å². The molecule has 0 fully saturated rings. The van der Waals surface area contributed by atoms with Crippen LogP contribution in [0.3, 0.4) is 0 Å². The minimum absolute atomic E-state index is 0.785. The lowest BCUT2D eigenvalue weighted by Crippen LogP contribution is -1.92. The van der Waals surface area contributed by atoms with Gasteiger partial charge >= 0.3 is 6.76 Å². The van der Waals surface area contributed by atoms with Crippen LogP contribution < -0.4 is 0 Å². The van der Waals surface area contributed by atoms with E-state index in [1.165, 1.54) is 0 Å². The largest absolute Gasteiger partial charge is 0.429 e. The van der Waals surface area contributed by atoms with E-state index in [0.29, 0.717) is 0 Å². The highest BCUT2D eigenvalue weighted by atomic mass is 32.2. The SMILES string of the molecule is CCO[B]SCC. The molecule has 41 valence electrons. The molecule has 0 spiro atoms. The fourth-order valence-electron chi connectivity index (χ4n) is 0.184. The van der Waals surface area contributed by atoms with Crippen LogP contribution in [0.5, 0.6) is 0 Å². The van der Waals surface area contributed by atoms with Gasteiger partial charge in [-0.15, -0.1) is 0 Å². The standard InChI is InChI=1S/C4H10BOS/c1-3-6-5-7-4-2/h3-4H2,1-2H3. The van der Waals surface area contributed by atoms with E-state index < -0.39 is 0 Å². The number of rotatable bonds is 4. The fraction of sp³-hybridized carbons (Fsp3) is 1.00. The lowest BCUT2D eigenvalue weighted by molar-refractivity contribution is 0.372. The van der Waals surface area contributed by atoms with Crippen molar-refractivity contribution in [2.75, 3.05) is 12.4 Å². The van der Waals surface area contributed by atoms with Crippen molar-refractivity contribution in [2.24, 2.45) is 0 Å². The van der Waals surface area contributed by atoms with E-state index in [-0.39, 0.29) is 0 Å². The molecule has 0 saturated heterocycles. The van der Waals surface area contributed by atoms with Gasteiger partial charge in [0.15, 0.2) is 0 Å². The molecule has 3 heteroatoms. The van der Waals surface area contributed by atoms with Gasteiger partial charge in [0.1, 0.15) is 0 Å². The van der Waals surface area contributed by atoms with Crippen molar-refractivity contribution in [2.45, 2.75) is 13.8 Å². The summed E-state index contributed by atoms with van der Waals surface area (Å²) in [6.07, 6.45) is 0. The van der Waals surface area contributed by atoms with Gasteiger partial charge in [0.05, 0.1) is 0 Å².